The summed E-state index contributed by atoms with van der Waals surface area (Å²) in [5.74, 6) is 0.912. The Morgan fingerprint density at radius 3 is 2.56 bits per heavy atom. The molecule has 136 valence electrons. The maximum atomic E-state index is 12.8. The molecule has 0 aliphatic heterocycles. The molecule has 1 amide bonds. The molecule has 0 spiro atoms. The summed E-state index contributed by atoms with van der Waals surface area (Å²) in [4.78, 5) is 12.8. The number of carbonyl (C=O) groups is 1. The van der Waals surface area contributed by atoms with E-state index < -0.39 is 0 Å². The van der Waals surface area contributed by atoms with Crippen LogP contribution >= 0.6 is 0 Å². The standard InChI is InChI=1S/C23H21NO3/c1-3-20(16-8-11-17(26-2)12-9-16)24-23(25)22-14-19-18-7-5-4-6-15(18)10-13-21(19)27-22/h4-14,20H,3H2,1-2H3,(H,24,25)/t20-/m1/s1. The Morgan fingerprint density at radius 2 is 1.81 bits per heavy atom. The highest BCUT2D eigenvalue weighted by Crippen LogP contribution is 2.28. The summed E-state index contributed by atoms with van der Waals surface area (Å²) in [5, 5.41) is 6.24. The average molecular weight is 359 g/mol. The summed E-state index contributed by atoms with van der Waals surface area (Å²) < 4.78 is 11.0. The molecule has 0 aliphatic rings. The lowest BCUT2D eigenvalue weighted by molar-refractivity contribution is 0.0909. The van der Waals surface area contributed by atoms with Crippen molar-refractivity contribution in [3.63, 3.8) is 0 Å². The third kappa shape index (κ3) is 3.26. The summed E-state index contributed by atoms with van der Waals surface area (Å²) in [7, 11) is 1.64. The van der Waals surface area contributed by atoms with Crippen molar-refractivity contribution in [3.8, 4) is 5.75 Å². The number of nitrogens with one attached hydrogen (secondary N) is 1. The van der Waals surface area contributed by atoms with E-state index in [1.807, 2.05) is 67.6 Å². The fraction of sp³-hybridized carbons (Fsp3) is 0.174. The van der Waals surface area contributed by atoms with Crippen LogP contribution in [0.3, 0.4) is 0 Å². The highest BCUT2D eigenvalue weighted by molar-refractivity contribution is 6.08. The van der Waals surface area contributed by atoms with E-state index in [2.05, 4.69) is 11.4 Å². The summed E-state index contributed by atoms with van der Waals surface area (Å²) in [6.07, 6.45) is 0.779. The van der Waals surface area contributed by atoms with E-state index in [9.17, 15) is 4.79 Å². The zero-order valence-corrected chi connectivity index (χ0v) is 15.4. The summed E-state index contributed by atoms with van der Waals surface area (Å²) in [6, 6.07) is 21.5. The van der Waals surface area contributed by atoms with Gasteiger partial charge >= 0.3 is 0 Å². The molecule has 0 saturated heterocycles. The van der Waals surface area contributed by atoms with Crippen molar-refractivity contribution in [3.05, 3.63) is 78.1 Å². The molecule has 0 radical (unpaired) electrons. The lowest BCUT2D eigenvalue weighted by atomic mass is 10.0. The average Bonchev–Trinajstić information content (AvgIpc) is 3.17. The van der Waals surface area contributed by atoms with Gasteiger partial charge in [-0.05, 0) is 47.0 Å². The minimum atomic E-state index is -0.210. The molecule has 0 saturated carbocycles. The Labute approximate surface area is 157 Å². The van der Waals surface area contributed by atoms with Gasteiger partial charge in [0.1, 0.15) is 11.3 Å². The summed E-state index contributed by atoms with van der Waals surface area (Å²) >= 11 is 0. The van der Waals surface area contributed by atoms with Gasteiger partial charge in [-0.25, -0.2) is 0 Å². The number of methoxy groups -OCH3 is 1. The second-order valence-corrected chi connectivity index (χ2v) is 6.52. The van der Waals surface area contributed by atoms with Crippen LogP contribution in [0.4, 0.5) is 0 Å². The maximum absolute atomic E-state index is 12.8. The van der Waals surface area contributed by atoms with Gasteiger partial charge in [0.15, 0.2) is 5.76 Å². The second kappa shape index (κ2) is 7.16. The molecule has 1 atom stereocenters. The van der Waals surface area contributed by atoms with Crippen LogP contribution in [0.15, 0.2) is 71.1 Å². The molecule has 1 aromatic heterocycles. The van der Waals surface area contributed by atoms with E-state index in [4.69, 9.17) is 9.15 Å². The Bertz CT molecular complexity index is 1100. The molecule has 4 aromatic rings. The molecule has 0 unspecified atom stereocenters. The van der Waals surface area contributed by atoms with E-state index in [1.165, 1.54) is 0 Å². The van der Waals surface area contributed by atoms with E-state index in [0.717, 1.165) is 39.5 Å². The van der Waals surface area contributed by atoms with Crippen molar-refractivity contribution in [2.24, 2.45) is 0 Å². The normalized spacial score (nSPS) is 12.2. The molecule has 1 heterocycles. The second-order valence-electron chi connectivity index (χ2n) is 6.52. The number of fused-ring (bicyclic) bond motifs is 3. The number of benzene rings is 3. The Hall–Kier alpha value is -3.27. The molecule has 4 heteroatoms. The molecule has 0 aliphatic carbocycles. The first-order valence-corrected chi connectivity index (χ1v) is 9.05. The van der Waals surface area contributed by atoms with Gasteiger partial charge in [-0.1, -0.05) is 49.4 Å². The first-order valence-electron chi connectivity index (χ1n) is 9.05. The third-order valence-corrected chi connectivity index (χ3v) is 4.88. The van der Waals surface area contributed by atoms with Crippen LogP contribution in [0.1, 0.15) is 35.5 Å². The van der Waals surface area contributed by atoms with Gasteiger partial charge in [0, 0.05) is 5.39 Å². The minimum absolute atomic E-state index is 0.0895. The van der Waals surface area contributed by atoms with Gasteiger partial charge in [0.25, 0.3) is 5.91 Å². The molecule has 1 N–H and O–H groups in total. The van der Waals surface area contributed by atoms with Crippen molar-refractivity contribution >= 4 is 27.6 Å². The molecule has 0 bridgehead atoms. The Kier molecular flexibility index (Phi) is 4.55. The first kappa shape index (κ1) is 17.2. The van der Waals surface area contributed by atoms with Crippen LogP contribution < -0.4 is 10.1 Å². The number of ether oxygens (including phenoxy) is 1. The van der Waals surface area contributed by atoms with Crippen LogP contribution in [0.5, 0.6) is 5.75 Å². The number of carbonyl (C=O) groups excluding carboxylic acids is 1. The fourth-order valence-corrected chi connectivity index (χ4v) is 3.39. The topological polar surface area (TPSA) is 51.5 Å². The fourth-order valence-electron chi connectivity index (χ4n) is 3.39. The Balaban J connectivity index is 1.62. The summed E-state index contributed by atoms with van der Waals surface area (Å²) in [6.45, 7) is 2.04. The van der Waals surface area contributed by atoms with Gasteiger partial charge in [-0.2, -0.15) is 0 Å². The van der Waals surface area contributed by atoms with Crippen LogP contribution in [0.25, 0.3) is 21.7 Å². The molecule has 27 heavy (non-hydrogen) atoms. The van der Waals surface area contributed by atoms with E-state index >= 15 is 0 Å². The largest absolute Gasteiger partial charge is 0.497 e. The van der Waals surface area contributed by atoms with Gasteiger partial charge in [0.05, 0.1) is 13.2 Å². The Morgan fingerprint density at radius 1 is 1.04 bits per heavy atom. The highest BCUT2D eigenvalue weighted by Gasteiger charge is 2.18. The van der Waals surface area contributed by atoms with Crippen LogP contribution in [-0.4, -0.2) is 13.0 Å². The van der Waals surface area contributed by atoms with Gasteiger partial charge in [0.2, 0.25) is 0 Å². The van der Waals surface area contributed by atoms with Crippen molar-refractivity contribution in [2.45, 2.75) is 19.4 Å². The minimum Gasteiger partial charge on any atom is -0.497 e. The predicted octanol–water partition coefficient (Wildman–Crippen LogP) is 5.48. The monoisotopic (exact) mass is 359 g/mol. The van der Waals surface area contributed by atoms with E-state index in [0.29, 0.717) is 5.76 Å². The third-order valence-electron chi connectivity index (χ3n) is 4.88. The number of hydrogen-bond donors (Lipinski definition) is 1. The first-order chi connectivity index (χ1) is 13.2. The molecular formula is C23H21NO3. The van der Waals surface area contributed by atoms with Crippen LogP contribution in [0, 0.1) is 0 Å². The quantitative estimate of drug-likeness (QED) is 0.514. The number of hydrogen-bond acceptors (Lipinski definition) is 3. The van der Waals surface area contributed by atoms with Gasteiger partial charge < -0.3 is 14.5 Å². The van der Waals surface area contributed by atoms with Crippen molar-refractivity contribution in [1.29, 1.82) is 0 Å². The van der Waals surface area contributed by atoms with Crippen molar-refractivity contribution in [2.75, 3.05) is 7.11 Å². The van der Waals surface area contributed by atoms with Crippen molar-refractivity contribution < 1.29 is 13.9 Å². The highest BCUT2D eigenvalue weighted by atomic mass is 16.5. The lowest BCUT2D eigenvalue weighted by Crippen LogP contribution is -2.27. The van der Waals surface area contributed by atoms with Gasteiger partial charge in [-0.15, -0.1) is 0 Å². The molecule has 3 aromatic carbocycles. The zero-order valence-electron chi connectivity index (χ0n) is 15.4. The van der Waals surface area contributed by atoms with Gasteiger partial charge in [-0.3, -0.25) is 4.79 Å². The number of furan rings is 1. The molecule has 0 fully saturated rings. The summed E-state index contributed by atoms with van der Waals surface area (Å²) in [5.41, 5.74) is 1.75. The predicted molar refractivity (Wildman–Crippen MR) is 107 cm³/mol. The molecule has 4 nitrogen and oxygen atoms in total. The van der Waals surface area contributed by atoms with E-state index in [1.54, 1.807) is 7.11 Å². The SMILES string of the molecule is CC[C@@H](NC(=O)c1cc2c(ccc3ccccc32)o1)c1ccc(OC)cc1. The molecule has 4 rings (SSSR count). The number of amides is 1. The maximum Gasteiger partial charge on any atom is 0.287 e. The van der Waals surface area contributed by atoms with Crippen LogP contribution in [-0.2, 0) is 0 Å². The van der Waals surface area contributed by atoms with Crippen molar-refractivity contribution in [1.82, 2.24) is 5.32 Å². The number of rotatable bonds is 5. The molecular weight excluding hydrogens is 338 g/mol. The lowest BCUT2D eigenvalue weighted by Gasteiger charge is -2.17. The van der Waals surface area contributed by atoms with Crippen LogP contribution in [0.2, 0.25) is 0 Å². The van der Waals surface area contributed by atoms with E-state index in [-0.39, 0.29) is 11.9 Å². The zero-order chi connectivity index (χ0) is 18.8. The smallest absolute Gasteiger partial charge is 0.287 e.